The van der Waals surface area contributed by atoms with Crippen molar-refractivity contribution in [2.24, 2.45) is 5.41 Å². The summed E-state index contributed by atoms with van der Waals surface area (Å²) in [5.41, 5.74) is 0.945. The summed E-state index contributed by atoms with van der Waals surface area (Å²) < 4.78 is 0. The summed E-state index contributed by atoms with van der Waals surface area (Å²) >= 11 is 5.85. The van der Waals surface area contributed by atoms with E-state index in [1.165, 1.54) is 0 Å². The number of para-hydroxylation sites is 1. The molecule has 1 aromatic carbocycles. The zero-order valence-electron chi connectivity index (χ0n) is 13.3. The lowest BCUT2D eigenvalue weighted by molar-refractivity contribution is -0.131. The summed E-state index contributed by atoms with van der Waals surface area (Å²) in [4.78, 5) is 30.5. The van der Waals surface area contributed by atoms with Crippen molar-refractivity contribution in [1.82, 2.24) is 10.3 Å². The van der Waals surface area contributed by atoms with Crippen LogP contribution in [0, 0.1) is 5.41 Å². The molecule has 1 aliphatic heterocycles. The summed E-state index contributed by atoms with van der Waals surface area (Å²) in [5.74, 6) is -0.173. The molecule has 1 N–H and O–H groups in total. The van der Waals surface area contributed by atoms with Crippen LogP contribution in [-0.4, -0.2) is 23.3 Å². The van der Waals surface area contributed by atoms with Crippen LogP contribution in [0.5, 0.6) is 0 Å². The van der Waals surface area contributed by atoms with Gasteiger partial charge in [-0.2, -0.15) is 0 Å². The molecule has 1 aromatic heterocycles. The van der Waals surface area contributed by atoms with E-state index in [9.17, 15) is 9.59 Å². The van der Waals surface area contributed by atoms with Gasteiger partial charge >= 0.3 is 0 Å². The van der Waals surface area contributed by atoms with E-state index in [1.807, 2.05) is 37.3 Å². The van der Waals surface area contributed by atoms with Gasteiger partial charge in [0.05, 0.1) is 5.41 Å². The van der Waals surface area contributed by atoms with Crippen molar-refractivity contribution in [3.05, 3.63) is 59.4 Å². The third-order valence-electron chi connectivity index (χ3n) is 4.21. The summed E-state index contributed by atoms with van der Waals surface area (Å²) in [5, 5.41) is 3.29. The number of pyridine rings is 1. The quantitative estimate of drug-likeness (QED) is 0.868. The number of carbonyl (C=O) groups excluding carboxylic acids is 2. The first-order valence-corrected chi connectivity index (χ1v) is 8.10. The smallest absolute Gasteiger partial charge is 0.228 e. The molecule has 1 saturated heterocycles. The van der Waals surface area contributed by atoms with Crippen LogP contribution < -0.4 is 10.2 Å². The number of rotatable bonds is 4. The lowest BCUT2D eigenvalue weighted by Gasteiger charge is -2.23. The maximum Gasteiger partial charge on any atom is 0.228 e. The molecule has 6 heteroatoms. The van der Waals surface area contributed by atoms with Gasteiger partial charge in [-0.05, 0) is 36.8 Å². The van der Waals surface area contributed by atoms with Crippen molar-refractivity contribution >= 4 is 29.1 Å². The lowest BCUT2D eigenvalue weighted by Crippen LogP contribution is -2.40. The van der Waals surface area contributed by atoms with Crippen molar-refractivity contribution < 1.29 is 9.59 Å². The van der Waals surface area contributed by atoms with Crippen LogP contribution in [0.2, 0.25) is 5.15 Å². The molecule has 1 unspecified atom stereocenters. The minimum absolute atomic E-state index is 0.0363. The molecule has 3 rings (SSSR count). The first kappa shape index (κ1) is 16.5. The first-order chi connectivity index (χ1) is 11.5. The fourth-order valence-corrected chi connectivity index (χ4v) is 3.06. The van der Waals surface area contributed by atoms with Gasteiger partial charge in [-0.3, -0.25) is 9.59 Å². The monoisotopic (exact) mass is 343 g/mol. The number of nitrogens with one attached hydrogen (secondary N) is 1. The average molecular weight is 344 g/mol. The van der Waals surface area contributed by atoms with Gasteiger partial charge in [-0.15, -0.1) is 0 Å². The molecule has 0 aliphatic carbocycles. The van der Waals surface area contributed by atoms with Gasteiger partial charge in [0.1, 0.15) is 5.15 Å². The third kappa shape index (κ3) is 3.41. The zero-order chi connectivity index (χ0) is 17.2. The van der Waals surface area contributed by atoms with Crippen molar-refractivity contribution in [2.75, 3.05) is 11.4 Å². The van der Waals surface area contributed by atoms with Crippen LogP contribution in [0.25, 0.3) is 0 Å². The Morgan fingerprint density at radius 1 is 1.33 bits per heavy atom. The van der Waals surface area contributed by atoms with Crippen LogP contribution in [-0.2, 0) is 16.1 Å². The fourth-order valence-electron chi connectivity index (χ4n) is 2.87. The molecule has 0 saturated carbocycles. The minimum atomic E-state index is -0.746. The van der Waals surface area contributed by atoms with Gasteiger partial charge in [0.2, 0.25) is 11.8 Å². The second kappa shape index (κ2) is 6.61. The highest BCUT2D eigenvalue weighted by atomic mass is 35.5. The molecule has 124 valence electrons. The molecule has 0 bridgehead atoms. The van der Waals surface area contributed by atoms with Crippen molar-refractivity contribution in [2.45, 2.75) is 19.9 Å². The Kier molecular flexibility index (Phi) is 4.53. The second-order valence-electron chi connectivity index (χ2n) is 6.22. The molecule has 2 aromatic rings. The van der Waals surface area contributed by atoms with E-state index in [0.717, 1.165) is 11.3 Å². The maximum absolute atomic E-state index is 12.6. The molecular formula is C18H18ClN3O2. The average Bonchev–Trinajstić information content (AvgIpc) is 2.89. The fraction of sp³-hybridized carbons (Fsp3) is 0.278. The summed E-state index contributed by atoms with van der Waals surface area (Å²) in [6.07, 6.45) is 1.80. The van der Waals surface area contributed by atoms with E-state index < -0.39 is 5.41 Å². The van der Waals surface area contributed by atoms with Crippen LogP contribution in [0.4, 0.5) is 5.69 Å². The number of hydrogen-bond acceptors (Lipinski definition) is 3. The summed E-state index contributed by atoms with van der Waals surface area (Å²) in [6, 6.07) is 12.9. The number of hydrogen-bond donors (Lipinski definition) is 1. The molecule has 2 amide bonds. The number of carbonyl (C=O) groups is 2. The normalized spacial score (nSPS) is 20.2. The van der Waals surface area contributed by atoms with Crippen molar-refractivity contribution in [1.29, 1.82) is 0 Å². The molecule has 0 spiro atoms. The van der Waals surface area contributed by atoms with Gasteiger partial charge in [-0.25, -0.2) is 4.98 Å². The molecule has 2 heterocycles. The van der Waals surface area contributed by atoms with Gasteiger partial charge < -0.3 is 10.2 Å². The Balaban J connectivity index is 1.67. The number of anilines is 1. The van der Waals surface area contributed by atoms with Gasteiger partial charge in [0, 0.05) is 31.4 Å². The SMILES string of the molecule is CC1(C(=O)NCc2ccnc(Cl)c2)CC(=O)N(c2ccccc2)C1. The van der Waals surface area contributed by atoms with E-state index in [4.69, 9.17) is 11.6 Å². The predicted molar refractivity (Wildman–Crippen MR) is 92.6 cm³/mol. The number of benzene rings is 1. The number of nitrogens with zero attached hydrogens (tertiary/aromatic N) is 2. The van der Waals surface area contributed by atoms with Crippen LogP contribution in [0.1, 0.15) is 18.9 Å². The molecular weight excluding hydrogens is 326 g/mol. The zero-order valence-corrected chi connectivity index (χ0v) is 14.1. The van der Waals surface area contributed by atoms with E-state index in [0.29, 0.717) is 18.2 Å². The lowest BCUT2D eigenvalue weighted by atomic mass is 9.88. The molecule has 1 aliphatic rings. The first-order valence-electron chi connectivity index (χ1n) is 7.72. The standard InChI is InChI=1S/C18H18ClN3O2/c1-18(17(24)21-11-13-7-8-20-15(19)9-13)10-16(23)22(12-18)14-5-3-2-4-6-14/h2-9H,10-12H2,1H3,(H,21,24). The Morgan fingerprint density at radius 2 is 2.08 bits per heavy atom. The van der Waals surface area contributed by atoms with Crippen molar-refractivity contribution in [3.63, 3.8) is 0 Å². The van der Waals surface area contributed by atoms with Crippen LogP contribution in [0.15, 0.2) is 48.7 Å². The Hall–Kier alpha value is -2.40. The van der Waals surface area contributed by atoms with E-state index in [1.54, 1.807) is 23.2 Å². The van der Waals surface area contributed by atoms with E-state index >= 15 is 0 Å². The Labute approximate surface area is 145 Å². The highest BCUT2D eigenvalue weighted by Gasteiger charge is 2.45. The summed E-state index contributed by atoms with van der Waals surface area (Å²) in [7, 11) is 0. The van der Waals surface area contributed by atoms with Gasteiger partial charge in [-0.1, -0.05) is 29.8 Å². The molecule has 0 radical (unpaired) electrons. The largest absolute Gasteiger partial charge is 0.351 e. The topological polar surface area (TPSA) is 62.3 Å². The Bertz CT molecular complexity index is 766. The van der Waals surface area contributed by atoms with Crippen molar-refractivity contribution in [3.8, 4) is 0 Å². The highest BCUT2D eigenvalue weighted by molar-refractivity contribution is 6.29. The molecule has 1 atom stereocenters. The van der Waals surface area contributed by atoms with Crippen LogP contribution >= 0.6 is 11.6 Å². The number of amides is 2. The predicted octanol–water partition coefficient (Wildman–Crippen LogP) is 2.79. The second-order valence-corrected chi connectivity index (χ2v) is 6.61. The molecule has 5 nitrogen and oxygen atoms in total. The third-order valence-corrected chi connectivity index (χ3v) is 4.42. The Morgan fingerprint density at radius 3 is 2.79 bits per heavy atom. The van der Waals surface area contributed by atoms with Crippen LogP contribution in [0.3, 0.4) is 0 Å². The maximum atomic E-state index is 12.6. The number of aromatic nitrogens is 1. The van der Waals surface area contributed by atoms with E-state index in [-0.39, 0.29) is 18.2 Å². The minimum Gasteiger partial charge on any atom is -0.351 e. The van der Waals surface area contributed by atoms with Gasteiger partial charge in [0.25, 0.3) is 0 Å². The highest BCUT2D eigenvalue weighted by Crippen LogP contribution is 2.34. The van der Waals surface area contributed by atoms with Gasteiger partial charge in [0.15, 0.2) is 0 Å². The number of halogens is 1. The molecule has 1 fully saturated rings. The van der Waals surface area contributed by atoms with E-state index in [2.05, 4.69) is 10.3 Å². The summed E-state index contributed by atoms with van der Waals surface area (Å²) in [6.45, 7) is 2.55. The molecule has 24 heavy (non-hydrogen) atoms.